The van der Waals surface area contributed by atoms with Crippen LogP contribution in [0.4, 0.5) is 4.39 Å². The number of halogens is 3. The average molecular weight is 381 g/mol. The largest absolute Gasteiger partial charge is 0.328 e. The molecule has 0 unspecified atom stereocenters. The number of H-pyrrole nitrogens is 1. The molecule has 0 aliphatic rings. The van der Waals surface area contributed by atoms with E-state index in [0.29, 0.717) is 9.13 Å². The maximum atomic E-state index is 12.9. The molecule has 0 bridgehead atoms. The van der Waals surface area contributed by atoms with Gasteiger partial charge in [0.1, 0.15) is 5.82 Å². The van der Waals surface area contributed by atoms with Crippen LogP contribution in [0.2, 0.25) is 5.02 Å². The van der Waals surface area contributed by atoms with Crippen molar-refractivity contribution in [3.8, 4) is 0 Å². The molecule has 0 fully saturated rings. The number of benzene rings is 1. The van der Waals surface area contributed by atoms with E-state index in [1.807, 2.05) is 22.6 Å². The fourth-order valence-electron chi connectivity index (χ4n) is 1.43. The highest BCUT2D eigenvalue weighted by atomic mass is 127. The predicted molar refractivity (Wildman–Crippen MR) is 74.6 cm³/mol. The summed E-state index contributed by atoms with van der Waals surface area (Å²) in [7, 11) is 0. The van der Waals surface area contributed by atoms with Gasteiger partial charge in [0, 0.05) is 11.2 Å². The van der Waals surface area contributed by atoms with Crippen LogP contribution in [0.3, 0.4) is 0 Å². The summed E-state index contributed by atoms with van der Waals surface area (Å²) in [4.78, 5) is 25.0. The molecule has 1 aromatic carbocycles. The van der Waals surface area contributed by atoms with Crippen molar-refractivity contribution in [2.75, 3.05) is 0 Å². The smallest absolute Gasteiger partial charge is 0.295 e. The summed E-state index contributed by atoms with van der Waals surface area (Å²) in [6.07, 6.45) is 1.43. The van der Waals surface area contributed by atoms with Crippen molar-refractivity contribution in [2.45, 2.75) is 6.54 Å². The average Bonchev–Trinajstić information content (AvgIpc) is 2.29. The minimum Gasteiger partial charge on any atom is -0.295 e. The highest BCUT2D eigenvalue weighted by Gasteiger charge is 2.06. The third kappa shape index (κ3) is 2.81. The van der Waals surface area contributed by atoms with E-state index in [0.717, 1.165) is 0 Å². The molecule has 0 spiro atoms. The van der Waals surface area contributed by atoms with E-state index in [1.54, 1.807) is 0 Å². The molecular weight excluding hydrogens is 373 g/mol. The van der Waals surface area contributed by atoms with Crippen LogP contribution < -0.4 is 11.2 Å². The minimum absolute atomic E-state index is 0.171. The lowest BCUT2D eigenvalue weighted by molar-refractivity contribution is 0.625. The van der Waals surface area contributed by atoms with E-state index in [9.17, 15) is 14.0 Å². The molecule has 1 aromatic heterocycles. The summed E-state index contributed by atoms with van der Waals surface area (Å²) in [5.74, 6) is -0.438. The Morgan fingerprint density at radius 1 is 1.39 bits per heavy atom. The molecule has 4 nitrogen and oxygen atoms in total. The third-order valence-corrected chi connectivity index (χ3v) is 3.44. The van der Waals surface area contributed by atoms with Gasteiger partial charge in [-0.2, -0.15) is 0 Å². The molecule has 94 valence electrons. The van der Waals surface area contributed by atoms with Crippen LogP contribution in [0.5, 0.6) is 0 Å². The van der Waals surface area contributed by atoms with Crippen LogP contribution in [0.15, 0.2) is 34.0 Å². The molecular formula is C11H7ClFIN2O2. The first kappa shape index (κ1) is 13.3. The van der Waals surface area contributed by atoms with Crippen molar-refractivity contribution in [2.24, 2.45) is 0 Å². The Morgan fingerprint density at radius 3 is 2.78 bits per heavy atom. The monoisotopic (exact) mass is 380 g/mol. The van der Waals surface area contributed by atoms with Gasteiger partial charge in [-0.05, 0) is 40.3 Å². The molecule has 2 rings (SSSR count). The zero-order chi connectivity index (χ0) is 13.3. The fraction of sp³-hybridized carbons (Fsp3) is 0.0909. The van der Waals surface area contributed by atoms with Crippen molar-refractivity contribution in [1.82, 2.24) is 9.55 Å². The Kier molecular flexibility index (Phi) is 3.86. The molecule has 0 radical (unpaired) electrons. The van der Waals surface area contributed by atoms with E-state index in [-0.39, 0.29) is 11.6 Å². The van der Waals surface area contributed by atoms with Crippen LogP contribution in [0, 0.1) is 9.39 Å². The van der Waals surface area contributed by atoms with Crippen LogP contribution in [0.1, 0.15) is 5.56 Å². The molecule has 0 amide bonds. The van der Waals surface area contributed by atoms with Gasteiger partial charge in [-0.15, -0.1) is 0 Å². The molecule has 0 aliphatic heterocycles. The number of nitrogens with zero attached hydrogens (tertiary/aromatic N) is 1. The van der Waals surface area contributed by atoms with Gasteiger partial charge in [0.25, 0.3) is 5.56 Å². The maximum absolute atomic E-state index is 12.9. The van der Waals surface area contributed by atoms with Gasteiger partial charge < -0.3 is 0 Å². The van der Waals surface area contributed by atoms with Crippen molar-refractivity contribution in [3.05, 3.63) is 65.2 Å². The lowest BCUT2D eigenvalue weighted by Crippen LogP contribution is -2.31. The molecule has 0 saturated carbocycles. The summed E-state index contributed by atoms with van der Waals surface area (Å²) in [6, 6.07) is 3.95. The van der Waals surface area contributed by atoms with Gasteiger partial charge in [-0.25, -0.2) is 9.18 Å². The molecule has 0 aliphatic carbocycles. The maximum Gasteiger partial charge on any atom is 0.328 e. The first-order valence-corrected chi connectivity index (χ1v) is 6.36. The van der Waals surface area contributed by atoms with Crippen molar-refractivity contribution in [3.63, 3.8) is 0 Å². The van der Waals surface area contributed by atoms with E-state index in [1.165, 1.54) is 29.0 Å². The summed E-state index contributed by atoms with van der Waals surface area (Å²) < 4.78 is 14.6. The Hall–Kier alpha value is -1.15. The van der Waals surface area contributed by atoms with E-state index in [2.05, 4.69) is 4.98 Å². The van der Waals surface area contributed by atoms with Gasteiger partial charge in [-0.3, -0.25) is 14.3 Å². The zero-order valence-electron chi connectivity index (χ0n) is 8.91. The molecule has 2 aromatic rings. The molecule has 0 saturated heterocycles. The quantitative estimate of drug-likeness (QED) is 0.810. The highest BCUT2D eigenvalue weighted by molar-refractivity contribution is 14.1. The van der Waals surface area contributed by atoms with Gasteiger partial charge in [0.15, 0.2) is 0 Å². The fourth-order valence-corrected chi connectivity index (χ4v) is 2.13. The van der Waals surface area contributed by atoms with Gasteiger partial charge in [0.2, 0.25) is 0 Å². The lowest BCUT2D eigenvalue weighted by atomic mass is 10.2. The predicted octanol–water partition coefficient (Wildman–Crippen LogP) is 1.98. The molecule has 1 N–H and O–H groups in total. The zero-order valence-corrected chi connectivity index (χ0v) is 11.8. The van der Waals surface area contributed by atoms with Crippen LogP contribution in [0.25, 0.3) is 0 Å². The normalized spacial score (nSPS) is 10.6. The van der Waals surface area contributed by atoms with Gasteiger partial charge >= 0.3 is 5.69 Å². The number of hydrogen-bond acceptors (Lipinski definition) is 2. The number of hydrogen-bond donors (Lipinski definition) is 1. The standard InChI is InChI=1S/C11H7ClFIN2O2/c12-8-3-7(13)2-1-6(8)4-16-5-9(14)10(17)15-11(16)18/h1-3,5H,4H2,(H,15,17,18). The minimum atomic E-state index is -0.527. The Labute approximate surface area is 120 Å². The summed E-state index contributed by atoms with van der Waals surface area (Å²) in [5.41, 5.74) is -0.356. The number of rotatable bonds is 2. The SMILES string of the molecule is O=c1[nH]c(=O)n(Cc2ccc(F)cc2Cl)cc1I. The molecule has 18 heavy (non-hydrogen) atoms. The van der Waals surface area contributed by atoms with E-state index >= 15 is 0 Å². The van der Waals surface area contributed by atoms with Crippen molar-refractivity contribution in [1.29, 1.82) is 0 Å². The first-order chi connectivity index (χ1) is 8.47. The second-order valence-corrected chi connectivity index (χ2v) is 5.17. The second kappa shape index (κ2) is 5.23. The first-order valence-electron chi connectivity index (χ1n) is 4.90. The van der Waals surface area contributed by atoms with Crippen LogP contribution >= 0.6 is 34.2 Å². The number of aromatic nitrogens is 2. The lowest BCUT2D eigenvalue weighted by Gasteiger charge is -2.07. The Morgan fingerprint density at radius 2 is 2.11 bits per heavy atom. The van der Waals surface area contributed by atoms with Crippen LogP contribution in [-0.2, 0) is 6.54 Å². The molecule has 7 heteroatoms. The van der Waals surface area contributed by atoms with Crippen molar-refractivity contribution < 1.29 is 4.39 Å². The third-order valence-electron chi connectivity index (χ3n) is 2.32. The van der Waals surface area contributed by atoms with E-state index in [4.69, 9.17) is 11.6 Å². The topological polar surface area (TPSA) is 54.9 Å². The molecule has 0 atom stereocenters. The molecule has 1 heterocycles. The van der Waals surface area contributed by atoms with Gasteiger partial charge in [-0.1, -0.05) is 17.7 Å². The summed E-state index contributed by atoms with van der Waals surface area (Å²) in [6.45, 7) is 0.171. The number of aromatic amines is 1. The highest BCUT2D eigenvalue weighted by Crippen LogP contribution is 2.17. The summed E-state index contributed by atoms with van der Waals surface area (Å²) in [5, 5.41) is 0.239. The van der Waals surface area contributed by atoms with Gasteiger partial charge in [0.05, 0.1) is 10.1 Å². The van der Waals surface area contributed by atoms with Crippen LogP contribution in [-0.4, -0.2) is 9.55 Å². The Balaban J connectivity index is 2.43. The number of nitrogens with one attached hydrogen (secondary N) is 1. The van der Waals surface area contributed by atoms with E-state index < -0.39 is 17.1 Å². The summed E-state index contributed by atoms with van der Waals surface area (Å²) >= 11 is 7.70. The Bertz CT molecular complexity index is 711. The van der Waals surface area contributed by atoms with Crippen molar-refractivity contribution >= 4 is 34.2 Å². The second-order valence-electron chi connectivity index (χ2n) is 3.60.